The van der Waals surface area contributed by atoms with Crippen LogP contribution in [0.2, 0.25) is 5.02 Å². The Morgan fingerprint density at radius 3 is 2.74 bits per heavy atom. The highest BCUT2D eigenvalue weighted by atomic mass is 35.5. The van der Waals surface area contributed by atoms with Gasteiger partial charge in [0.25, 0.3) is 0 Å². The Balaban J connectivity index is 2.26. The molecule has 0 aliphatic heterocycles. The monoisotopic (exact) mass is 290 g/mol. The molecule has 0 aliphatic carbocycles. The molecule has 1 aromatic heterocycles. The van der Waals surface area contributed by atoms with Crippen LogP contribution in [-0.2, 0) is 0 Å². The van der Waals surface area contributed by atoms with Gasteiger partial charge in [0, 0.05) is 16.1 Å². The van der Waals surface area contributed by atoms with Gasteiger partial charge in [-0.1, -0.05) is 23.4 Å². The molecule has 2 rings (SSSR count). The highest BCUT2D eigenvalue weighted by molar-refractivity contribution is 7.99. The zero-order valence-corrected chi connectivity index (χ0v) is 11.1. The summed E-state index contributed by atoms with van der Waals surface area (Å²) in [6, 6.07) is 10.1. The van der Waals surface area contributed by atoms with E-state index in [0.29, 0.717) is 15.6 Å². The molecule has 0 amide bonds. The molecule has 6 heteroatoms. The predicted octanol–water partition coefficient (Wildman–Crippen LogP) is 3.46. The van der Waals surface area contributed by atoms with E-state index in [0.717, 1.165) is 4.90 Å². The molecule has 0 aliphatic rings. The van der Waals surface area contributed by atoms with Crippen LogP contribution in [0.5, 0.6) is 0 Å². The van der Waals surface area contributed by atoms with Crippen molar-refractivity contribution in [2.45, 2.75) is 9.92 Å². The maximum Gasteiger partial charge on any atom is 0.337 e. The average Bonchev–Trinajstić information content (AvgIpc) is 2.41. The Morgan fingerprint density at radius 1 is 1.37 bits per heavy atom. The summed E-state index contributed by atoms with van der Waals surface area (Å²) in [6.07, 6.45) is 1.28. The molecule has 0 spiro atoms. The van der Waals surface area contributed by atoms with Crippen LogP contribution in [0.1, 0.15) is 15.9 Å². The van der Waals surface area contributed by atoms with Crippen molar-refractivity contribution in [3.8, 4) is 6.07 Å². The Labute approximate surface area is 118 Å². The lowest BCUT2D eigenvalue weighted by Gasteiger charge is -2.04. The van der Waals surface area contributed by atoms with Crippen molar-refractivity contribution < 1.29 is 9.90 Å². The molecule has 94 valence electrons. The van der Waals surface area contributed by atoms with Gasteiger partial charge in [0.2, 0.25) is 0 Å². The molecule has 0 saturated carbocycles. The number of nitriles is 1. The number of carboxylic acids is 1. The number of pyridine rings is 1. The number of aromatic carboxylic acids is 1. The second kappa shape index (κ2) is 5.74. The summed E-state index contributed by atoms with van der Waals surface area (Å²) in [5.74, 6) is -1.02. The third-order valence-electron chi connectivity index (χ3n) is 2.26. The van der Waals surface area contributed by atoms with E-state index in [1.54, 1.807) is 24.3 Å². The molecule has 4 nitrogen and oxygen atoms in total. The quantitative estimate of drug-likeness (QED) is 0.937. The standard InChI is InChI=1S/C13H7ClN2O2S/c14-10-2-3-11(9(5-10)6-15)19-12-4-1-8(7-16-12)13(17)18/h1-5,7H,(H,17,18). The van der Waals surface area contributed by atoms with E-state index in [1.165, 1.54) is 24.0 Å². The third-order valence-corrected chi connectivity index (χ3v) is 3.52. The second-order valence-corrected chi connectivity index (χ2v) is 5.04. The molecule has 1 aromatic carbocycles. The van der Waals surface area contributed by atoms with Crippen LogP contribution in [0.3, 0.4) is 0 Å². The Hall–Kier alpha value is -2.03. The van der Waals surface area contributed by atoms with Crippen molar-refractivity contribution in [3.63, 3.8) is 0 Å². The Kier molecular flexibility index (Phi) is 4.05. The minimum atomic E-state index is -1.02. The lowest BCUT2D eigenvalue weighted by Crippen LogP contribution is -1.96. The van der Waals surface area contributed by atoms with Crippen LogP contribution in [-0.4, -0.2) is 16.1 Å². The molecular formula is C13H7ClN2O2S. The third kappa shape index (κ3) is 3.25. The molecule has 1 heterocycles. The molecule has 0 radical (unpaired) electrons. The summed E-state index contributed by atoms with van der Waals surface area (Å²) >= 11 is 7.10. The highest BCUT2D eigenvalue weighted by Crippen LogP contribution is 2.30. The maximum absolute atomic E-state index is 10.7. The molecule has 0 atom stereocenters. The lowest BCUT2D eigenvalue weighted by molar-refractivity contribution is 0.0696. The SMILES string of the molecule is N#Cc1cc(Cl)ccc1Sc1ccc(C(=O)O)cn1. The number of hydrogen-bond donors (Lipinski definition) is 1. The average molecular weight is 291 g/mol. The highest BCUT2D eigenvalue weighted by Gasteiger charge is 2.07. The van der Waals surface area contributed by atoms with Gasteiger partial charge in [-0.25, -0.2) is 9.78 Å². The number of benzene rings is 1. The smallest absolute Gasteiger partial charge is 0.337 e. The first kappa shape index (κ1) is 13.4. The van der Waals surface area contributed by atoms with Gasteiger partial charge in [-0.2, -0.15) is 5.26 Å². The van der Waals surface area contributed by atoms with E-state index in [4.69, 9.17) is 22.0 Å². The van der Waals surface area contributed by atoms with E-state index in [2.05, 4.69) is 11.1 Å². The summed E-state index contributed by atoms with van der Waals surface area (Å²) in [5, 5.41) is 18.9. The van der Waals surface area contributed by atoms with Gasteiger partial charge in [-0.3, -0.25) is 0 Å². The minimum Gasteiger partial charge on any atom is -0.478 e. The van der Waals surface area contributed by atoms with E-state index in [9.17, 15) is 4.79 Å². The number of nitrogens with zero attached hydrogens (tertiary/aromatic N) is 2. The molecule has 1 N–H and O–H groups in total. The fourth-order valence-electron chi connectivity index (χ4n) is 1.36. The summed E-state index contributed by atoms with van der Waals surface area (Å²) in [6.45, 7) is 0. The predicted molar refractivity (Wildman–Crippen MR) is 71.5 cm³/mol. The van der Waals surface area contributed by atoms with Gasteiger partial charge in [0.05, 0.1) is 11.1 Å². The van der Waals surface area contributed by atoms with E-state index < -0.39 is 5.97 Å². The van der Waals surface area contributed by atoms with Crippen LogP contribution in [0.4, 0.5) is 0 Å². The van der Waals surface area contributed by atoms with Crippen molar-refractivity contribution in [1.29, 1.82) is 5.26 Å². The van der Waals surface area contributed by atoms with E-state index in [1.807, 2.05) is 0 Å². The molecule has 2 aromatic rings. The number of carboxylic acid groups (broad SMARTS) is 1. The number of halogens is 1. The topological polar surface area (TPSA) is 74.0 Å². The Morgan fingerprint density at radius 2 is 2.16 bits per heavy atom. The summed E-state index contributed by atoms with van der Waals surface area (Å²) in [5.41, 5.74) is 0.586. The van der Waals surface area contributed by atoms with Crippen molar-refractivity contribution in [3.05, 3.63) is 52.7 Å². The number of carbonyl (C=O) groups is 1. The fraction of sp³-hybridized carbons (Fsp3) is 0. The van der Waals surface area contributed by atoms with Crippen molar-refractivity contribution in [1.82, 2.24) is 4.98 Å². The first-order valence-corrected chi connectivity index (χ1v) is 6.36. The van der Waals surface area contributed by atoms with Gasteiger partial charge >= 0.3 is 5.97 Å². The number of aromatic nitrogens is 1. The normalized spacial score (nSPS) is 9.89. The van der Waals surface area contributed by atoms with Crippen LogP contribution in [0.15, 0.2) is 46.5 Å². The number of rotatable bonds is 3. The minimum absolute atomic E-state index is 0.126. The van der Waals surface area contributed by atoms with Gasteiger partial charge in [-0.05, 0) is 30.3 Å². The van der Waals surface area contributed by atoms with Crippen molar-refractivity contribution in [2.24, 2.45) is 0 Å². The maximum atomic E-state index is 10.7. The number of hydrogen-bond acceptors (Lipinski definition) is 4. The Bertz CT molecular complexity index is 665. The van der Waals surface area contributed by atoms with Crippen LogP contribution >= 0.6 is 23.4 Å². The van der Waals surface area contributed by atoms with Crippen LogP contribution in [0.25, 0.3) is 0 Å². The largest absolute Gasteiger partial charge is 0.478 e. The van der Waals surface area contributed by atoms with Crippen LogP contribution in [0, 0.1) is 11.3 Å². The van der Waals surface area contributed by atoms with Gasteiger partial charge < -0.3 is 5.11 Å². The van der Waals surface area contributed by atoms with Gasteiger partial charge in [-0.15, -0.1) is 0 Å². The van der Waals surface area contributed by atoms with E-state index in [-0.39, 0.29) is 5.56 Å². The zero-order chi connectivity index (χ0) is 13.8. The lowest BCUT2D eigenvalue weighted by atomic mass is 10.2. The van der Waals surface area contributed by atoms with Gasteiger partial charge in [0.15, 0.2) is 0 Å². The molecule has 0 unspecified atom stereocenters. The van der Waals surface area contributed by atoms with Crippen molar-refractivity contribution >= 4 is 29.3 Å². The van der Waals surface area contributed by atoms with E-state index >= 15 is 0 Å². The molecule has 0 fully saturated rings. The first-order valence-electron chi connectivity index (χ1n) is 5.17. The summed E-state index contributed by atoms with van der Waals surface area (Å²) in [7, 11) is 0. The molecule has 19 heavy (non-hydrogen) atoms. The van der Waals surface area contributed by atoms with Gasteiger partial charge in [0.1, 0.15) is 11.1 Å². The summed E-state index contributed by atoms with van der Waals surface area (Å²) in [4.78, 5) is 15.5. The first-order chi connectivity index (χ1) is 9.10. The second-order valence-electron chi connectivity index (χ2n) is 3.54. The fourth-order valence-corrected chi connectivity index (χ4v) is 2.35. The van der Waals surface area contributed by atoms with Crippen LogP contribution < -0.4 is 0 Å². The van der Waals surface area contributed by atoms with Crippen molar-refractivity contribution in [2.75, 3.05) is 0 Å². The molecular weight excluding hydrogens is 284 g/mol. The zero-order valence-electron chi connectivity index (χ0n) is 9.50. The molecule has 0 bridgehead atoms. The summed E-state index contributed by atoms with van der Waals surface area (Å²) < 4.78 is 0. The molecule has 0 saturated heterocycles.